The normalized spacial score (nSPS) is 28.8. The molecule has 3 rings (SSSR count). The zero-order chi connectivity index (χ0) is 61.9. The number of ether oxygens (including phenoxy) is 10. The molecule has 3 aliphatic heterocycles. The molecule has 3 heterocycles. The van der Waals surface area contributed by atoms with Crippen molar-refractivity contribution in [2.24, 2.45) is 23.7 Å². The number of methoxy groups -OCH3 is 1. The quantitative estimate of drug-likeness (QED) is 0.0206. The summed E-state index contributed by atoms with van der Waals surface area (Å²) in [6.07, 6.45) is -12.4. The van der Waals surface area contributed by atoms with Gasteiger partial charge in [0.2, 0.25) is 29.5 Å². The van der Waals surface area contributed by atoms with Gasteiger partial charge in [0.15, 0.2) is 18.9 Å². The SMILES string of the molecule is CC(C)C.COCCCNC(=O)CC(=O)NC(COCCC(=O)NCCCO[C@@H]1OC(CO)[C@H](O)[C@H](O)C1C)(COCCC(=O)NCCCO[C@@H]1OC(CO)[C@H](O)[C@H](O)C1C)COCCC(=O)NCCCO[C@@H]1OC(CO)[C@H](O)[C@H](O)C1C. The molecule has 6 unspecified atom stereocenters. The van der Waals surface area contributed by atoms with Gasteiger partial charge in [0.1, 0.15) is 48.6 Å². The third kappa shape index (κ3) is 29.2. The molecule has 0 bridgehead atoms. The fraction of sp³-hybridized carbons (Fsp3) is 0.907. The second-order valence-electron chi connectivity index (χ2n) is 21.8. The van der Waals surface area contributed by atoms with E-state index >= 15 is 0 Å². The van der Waals surface area contributed by atoms with Gasteiger partial charge in [0.05, 0.1) is 97.6 Å². The fourth-order valence-corrected chi connectivity index (χ4v) is 8.52. The maximum absolute atomic E-state index is 13.5. The van der Waals surface area contributed by atoms with Crippen LogP contribution >= 0.6 is 0 Å². The van der Waals surface area contributed by atoms with Crippen molar-refractivity contribution in [3.05, 3.63) is 0 Å². The molecule has 486 valence electrons. The summed E-state index contributed by atoms with van der Waals surface area (Å²) in [6.45, 7) is 10.0. The van der Waals surface area contributed by atoms with Gasteiger partial charge < -0.3 is 120 Å². The van der Waals surface area contributed by atoms with Gasteiger partial charge in [0, 0.05) is 76.9 Å². The molecular formula is C54H101N5O24. The van der Waals surface area contributed by atoms with Crippen LogP contribution in [0.1, 0.15) is 92.9 Å². The smallest absolute Gasteiger partial charge is 0.230 e. The fourth-order valence-electron chi connectivity index (χ4n) is 8.52. The Morgan fingerprint density at radius 3 is 1.02 bits per heavy atom. The Morgan fingerprint density at radius 1 is 0.446 bits per heavy atom. The number of hydrogen-bond donors (Lipinski definition) is 14. The second kappa shape index (κ2) is 42.4. The molecule has 0 aromatic heterocycles. The number of aliphatic hydroxyl groups is 9. The molecule has 29 heteroatoms. The Labute approximate surface area is 487 Å². The van der Waals surface area contributed by atoms with Crippen LogP contribution in [-0.2, 0) is 71.3 Å². The molecule has 14 N–H and O–H groups in total. The highest BCUT2D eigenvalue weighted by molar-refractivity contribution is 5.97. The minimum atomic E-state index is -1.53. The molecule has 0 saturated carbocycles. The van der Waals surface area contributed by atoms with Gasteiger partial charge in [-0.1, -0.05) is 41.5 Å². The lowest BCUT2D eigenvalue weighted by molar-refractivity contribution is -0.282. The van der Waals surface area contributed by atoms with Crippen molar-refractivity contribution in [3.63, 3.8) is 0 Å². The molecular weight excluding hydrogens is 1100 g/mol. The Morgan fingerprint density at radius 2 is 0.735 bits per heavy atom. The van der Waals surface area contributed by atoms with E-state index in [9.17, 15) is 69.9 Å². The maximum Gasteiger partial charge on any atom is 0.230 e. The molecule has 0 aromatic rings. The van der Waals surface area contributed by atoms with Gasteiger partial charge in [-0.3, -0.25) is 24.0 Å². The molecule has 0 aromatic carbocycles. The van der Waals surface area contributed by atoms with Crippen LogP contribution in [-0.4, -0.2) is 274 Å². The van der Waals surface area contributed by atoms with Crippen LogP contribution in [0.25, 0.3) is 0 Å². The lowest BCUT2D eigenvalue weighted by Gasteiger charge is -2.40. The Balaban J connectivity index is 0.00000568. The van der Waals surface area contributed by atoms with Crippen LogP contribution < -0.4 is 26.6 Å². The van der Waals surface area contributed by atoms with E-state index in [2.05, 4.69) is 47.4 Å². The van der Waals surface area contributed by atoms with E-state index in [-0.39, 0.29) is 123 Å². The number of hydrogen-bond acceptors (Lipinski definition) is 24. The summed E-state index contributed by atoms with van der Waals surface area (Å²) in [6, 6.07) is 0. The molecule has 0 spiro atoms. The number of carbonyl (C=O) groups is 5. The zero-order valence-electron chi connectivity index (χ0n) is 49.6. The highest BCUT2D eigenvalue weighted by atomic mass is 16.7. The van der Waals surface area contributed by atoms with Crippen molar-refractivity contribution in [1.82, 2.24) is 26.6 Å². The number of amides is 5. The topological polar surface area (TPSA) is 420 Å². The summed E-state index contributed by atoms with van der Waals surface area (Å²) in [5.41, 5.74) is -1.53. The standard InChI is InChI=1S/C50H91N5O24.C4H10/c1-30-41(64)44(67)33(24-56)77-47(30)74-17-6-13-51-36(59)9-20-71-27-50(55-40(63)23-39(62)54-12-5-16-70-4,28-72-21-10-37(60)52-14-7-18-75-48-31(2)42(65)45(68)34(25-57)78-48)29-73-22-11-38(61)53-15-8-19-76-49-32(3)43(66)46(69)35(26-58)79-49;1-4(2)3/h30-35,41-49,56-58,64-69H,5-29H2,1-4H3,(H,51,59)(H,52,60)(H,53,61)(H,54,62)(H,55,63);4H,1-3H3/t30?,31?,32?,33?,34?,35?,41-,42-,43-,44+,45+,46+,47-,48-,49-,50?;/m1./s1. The van der Waals surface area contributed by atoms with Crippen LogP contribution in [0, 0.1) is 23.7 Å². The Hall–Kier alpha value is -3.41. The second-order valence-corrected chi connectivity index (χ2v) is 21.8. The lowest BCUT2D eigenvalue weighted by atomic mass is 9.92. The number of rotatable bonds is 40. The van der Waals surface area contributed by atoms with Gasteiger partial charge in [-0.15, -0.1) is 0 Å². The maximum atomic E-state index is 13.5. The van der Waals surface area contributed by atoms with Gasteiger partial charge >= 0.3 is 0 Å². The van der Waals surface area contributed by atoms with Gasteiger partial charge in [0.25, 0.3) is 0 Å². The average molecular weight is 1200 g/mol. The molecule has 0 aliphatic carbocycles. The minimum absolute atomic E-state index is 0.123. The molecule has 3 aliphatic rings. The van der Waals surface area contributed by atoms with E-state index in [1.807, 2.05) is 0 Å². The van der Waals surface area contributed by atoms with Gasteiger partial charge in [-0.25, -0.2) is 0 Å². The third-order valence-corrected chi connectivity index (χ3v) is 13.5. The summed E-state index contributed by atoms with van der Waals surface area (Å²) in [5, 5.41) is 103. The lowest BCUT2D eigenvalue weighted by Crippen LogP contribution is -2.59. The largest absolute Gasteiger partial charge is 0.394 e. The summed E-state index contributed by atoms with van der Waals surface area (Å²) < 4.78 is 56.7. The molecule has 83 heavy (non-hydrogen) atoms. The van der Waals surface area contributed by atoms with Gasteiger partial charge in [-0.05, 0) is 31.6 Å². The van der Waals surface area contributed by atoms with Crippen LogP contribution in [0.3, 0.4) is 0 Å². The third-order valence-electron chi connectivity index (χ3n) is 13.5. The minimum Gasteiger partial charge on any atom is -0.394 e. The van der Waals surface area contributed by atoms with E-state index < -0.39 is 135 Å². The monoisotopic (exact) mass is 1200 g/mol. The molecule has 29 nitrogen and oxygen atoms in total. The van der Waals surface area contributed by atoms with Crippen molar-refractivity contribution in [1.29, 1.82) is 0 Å². The highest BCUT2D eigenvalue weighted by Crippen LogP contribution is 2.29. The highest BCUT2D eigenvalue weighted by Gasteiger charge is 2.45. The molecule has 15 atom stereocenters. The zero-order valence-corrected chi connectivity index (χ0v) is 49.6. The van der Waals surface area contributed by atoms with Crippen molar-refractivity contribution in [3.8, 4) is 0 Å². The molecule has 0 radical (unpaired) electrons. The molecule has 3 fully saturated rings. The number of aliphatic hydroxyl groups excluding tert-OH is 9. The van der Waals surface area contributed by atoms with E-state index in [0.29, 0.717) is 32.3 Å². The Kier molecular flexibility index (Phi) is 38.7. The van der Waals surface area contributed by atoms with Crippen molar-refractivity contribution in [2.75, 3.05) is 119 Å². The predicted octanol–water partition coefficient (Wildman–Crippen LogP) is -3.94. The summed E-state index contributed by atoms with van der Waals surface area (Å²) in [5.74, 6) is -3.40. The van der Waals surface area contributed by atoms with Crippen molar-refractivity contribution in [2.45, 2.75) is 172 Å². The van der Waals surface area contributed by atoms with E-state index in [1.54, 1.807) is 20.8 Å². The van der Waals surface area contributed by atoms with Crippen LogP contribution in [0.2, 0.25) is 0 Å². The number of carbonyl (C=O) groups excluding carboxylic acids is 5. The predicted molar refractivity (Wildman–Crippen MR) is 293 cm³/mol. The average Bonchev–Trinajstić information content (AvgIpc) is 3.45. The first-order valence-electron chi connectivity index (χ1n) is 28.9. The summed E-state index contributed by atoms with van der Waals surface area (Å²) in [4.78, 5) is 64.8. The Bertz CT molecular complexity index is 1630. The van der Waals surface area contributed by atoms with Crippen molar-refractivity contribution < 1.29 is 117 Å². The van der Waals surface area contributed by atoms with Crippen LogP contribution in [0.15, 0.2) is 0 Å². The van der Waals surface area contributed by atoms with Crippen molar-refractivity contribution >= 4 is 29.5 Å². The van der Waals surface area contributed by atoms with Crippen LogP contribution in [0.5, 0.6) is 0 Å². The van der Waals surface area contributed by atoms with E-state index in [4.69, 9.17) is 47.4 Å². The first kappa shape index (κ1) is 75.7. The summed E-state index contributed by atoms with van der Waals surface area (Å²) >= 11 is 0. The summed E-state index contributed by atoms with van der Waals surface area (Å²) in [7, 11) is 1.51. The molecule has 3 saturated heterocycles. The van der Waals surface area contributed by atoms with E-state index in [1.165, 1.54) is 7.11 Å². The number of nitrogens with one attached hydrogen (secondary N) is 5. The van der Waals surface area contributed by atoms with E-state index in [0.717, 1.165) is 5.92 Å². The van der Waals surface area contributed by atoms with Crippen LogP contribution in [0.4, 0.5) is 0 Å². The first-order valence-corrected chi connectivity index (χ1v) is 28.9. The van der Waals surface area contributed by atoms with Gasteiger partial charge in [-0.2, -0.15) is 0 Å². The first-order chi connectivity index (χ1) is 39.5. The molecule has 5 amide bonds.